The van der Waals surface area contributed by atoms with Gasteiger partial charge in [-0.1, -0.05) is 32.4 Å². The Labute approximate surface area is 109 Å². The first-order valence-electron chi connectivity index (χ1n) is 6.95. The summed E-state index contributed by atoms with van der Waals surface area (Å²) in [5.41, 5.74) is 0.745. The topological polar surface area (TPSA) is 15.3 Å². The Bertz CT molecular complexity index is 381. The molecule has 100 valence electrons. The molecule has 0 radical (unpaired) electrons. The van der Waals surface area contributed by atoms with Crippen LogP contribution in [0, 0.1) is 11.7 Å². The molecule has 1 aromatic rings. The summed E-state index contributed by atoms with van der Waals surface area (Å²) in [6.07, 6.45) is 2.23. The summed E-state index contributed by atoms with van der Waals surface area (Å²) in [5.74, 6) is 0.514. The number of halogens is 1. The predicted octanol–water partition coefficient (Wildman–Crippen LogP) is 3.04. The predicted molar refractivity (Wildman–Crippen MR) is 74.5 cm³/mol. The average Bonchev–Trinajstić information content (AvgIpc) is 2.64. The third kappa shape index (κ3) is 3.02. The number of benzene rings is 1. The highest BCUT2D eigenvalue weighted by atomic mass is 19.1. The first kappa shape index (κ1) is 13.3. The van der Waals surface area contributed by atoms with Crippen LogP contribution in [0.25, 0.3) is 0 Å². The molecule has 0 amide bonds. The summed E-state index contributed by atoms with van der Waals surface area (Å²) in [4.78, 5) is 2.19. The van der Waals surface area contributed by atoms with Crippen LogP contribution >= 0.6 is 0 Å². The van der Waals surface area contributed by atoms with Crippen molar-refractivity contribution in [1.29, 1.82) is 0 Å². The maximum atomic E-state index is 13.9. The van der Waals surface area contributed by atoms with E-state index in [2.05, 4.69) is 24.1 Å². The number of nitrogens with one attached hydrogen (secondary N) is 1. The molecular weight excluding hydrogens is 227 g/mol. The summed E-state index contributed by atoms with van der Waals surface area (Å²) in [6, 6.07) is 7.55. The van der Waals surface area contributed by atoms with Crippen LogP contribution in [0.3, 0.4) is 0 Å². The fraction of sp³-hybridized carbons (Fsp3) is 0.600. The van der Waals surface area contributed by atoms with Crippen molar-refractivity contribution in [3.05, 3.63) is 30.1 Å². The van der Waals surface area contributed by atoms with E-state index in [1.165, 1.54) is 0 Å². The minimum Gasteiger partial charge on any atom is -0.368 e. The normalized spacial score (nSPS) is 22.6. The second kappa shape index (κ2) is 6.19. The zero-order valence-corrected chi connectivity index (χ0v) is 11.3. The average molecular weight is 250 g/mol. The van der Waals surface area contributed by atoms with Crippen LogP contribution in [0.1, 0.15) is 26.7 Å². The van der Waals surface area contributed by atoms with Crippen LogP contribution in [0.4, 0.5) is 10.1 Å². The number of nitrogens with zero attached hydrogens (tertiary/aromatic N) is 1. The molecule has 1 fully saturated rings. The van der Waals surface area contributed by atoms with Crippen molar-refractivity contribution < 1.29 is 4.39 Å². The van der Waals surface area contributed by atoms with Gasteiger partial charge in [0.1, 0.15) is 5.82 Å². The SMILES string of the molecule is CCC(C)C1CN(c2ccccc2F)CCCN1. The molecule has 0 aliphatic carbocycles. The number of anilines is 1. The Morgan fingerprint density at radius 1 is 1.44 bits per heavy atom. The molecule has 18 heavy (non-hydrogen) atoms. The summed E-state index contributed by atoms with van der Waals surface area (Å²) in [6.45, 7) is 7.34. The first-order chi connectivity index (χ1) is 8.72. The van der Waals surface area contributed by atoms with Crippen LogP contribution in [0.5, 0.6) is 0 Å². The second-order valence-electron chi connectivity index (χ2n) is 5.20. The van der Waals surface area contributed by atoms with Crippen molar-refractivity contribution in [2.24, 2.45) is 5.92 Å². The van der Waals surface area contributed by atoms with Crippen molar-refractivity contribution >= 4 is 5.69 Å². The Morgan fingerprint density at radius 3 is 2.94 bits per heavy atom. The third-order valence-corrected chi connectivity index (χ3v) is 3.95. The molecule has 1 aliphatic rings. The lowest BCUT2D eigenvalue weighted by molar-refractivity contribution is 0.383. The lowest BCUT2D eigenvalue weighted by Crippen LogP contribution is -2.42. The van der Waals surface area contributed by atoms with Crippen LogP contribution < -0.4 is 10.2 Å². The Kier molecular flexibility index (Phi) is 4.59. The van der Waals surface area contributed by atoms with Crippen molar-refractivity contribution in [2.45, 2.75) is 32.7 Å². The van der Waals surface area contributed by atoms with E-state index in [0.29, 0.717) is 12.0 Å². The second-order valence-corrected chi connectivity index (χ2v) is 5.20. The largest absolute Gasteiger partial charge is 0.368 e. The van der Waals surface area contributed by atoms with E-state index in [0.717, 1.165) is 38.2 Å². The van der Waals surface area contributed by atoms with Gasteiger partial charge in [-0.05, 0) is 31.0 Å². The molecule has 2 nitrogen and oxygen atoms in total. The zero-order valence-electron chi connectivity index (χ0n) is 11.3. The molecular formula is C15H23FN2. The summed E-state index contributed by atoms with van der Waals surface area (Å²) in [7, 11) is 0. The number of hydrogen-bond acceptors (Lipinski definition) is 2. The highest BCUT2D eigenvalue weighted by Gasteiger charge is 2.23. The Morgan fingerprint density at radius 2 is 2.22 bits per heavy atom. The fourth-order valence-electron chi connectivity index (χ4n) is 2.54. The molecule has 0 saturated carbocycles. The van der Waals surface area contributed by atoms with Crippen molar-refractivity contribution in [3.8, 4) is 0 Å². The van der Waals surface area contributed by atoms with Crippen molar-refractivity contribution in [2.75, 3.05) is 24.5 Å². The van der Waals surface area contributed by atoms with Gasteiger partial charge < -0.3 is 10.2 Å². The third-order valence-electron chi connectivity index (χ3n) is 3.95. The quantitative estimate of drug-likeness (QED) is 0.887. The Balaban J connectivity index is 2.14. The first-order valence-corrected chi connectivity index (χ1v) is 6.95. The molecule has 0 bridgehead atoms. The molecule has 1 aliphatic heterocycles. The van der Waals surface area contributed by atoms with Crippen LogP contribution in [0.15, 0.2) is 24.3 Å². The van der Waals surface area contributed by atoms with Gasteiger partial charge >= 0.3 is 0 Å². The lowest BCUT2D eigenvalue weighted by Gasteiger charge is -2.29. The molecule has 0 spiro atoms. The summed E-state index contributed by atoms with van der Waals surface area (Å²) < 4.78 is 13.9. The smallest absolute Gasteiger partial charge is 0.146 e. The van der Waals surface area contributed by atoms with Gasteiger partial charge in [-0.3, -0.25) is 0 Å². The monoisotopic (exact) mass is 250 g/mol. The molecule has 3 heteroatoms. The van der Waals surface area contributed by atoms with E-state index in [9.17, 15) is 4.39 Å². The lowest BCUT2D eigenvalue weighted by atomic mass is 9.99. The van der Waals surface area contributed by atoms with Gasteiger partial charge in [0.25, 0.3) is 0 Å². The summed E-state index contributed by atoms with van der Waals surface area (Å²) in [5, 5.41) is 3.59. The minimum atomic E-state index is -0.109. The minimum absolute atomic E-state index is 0.109. The summed E-state index contributed by atoms with van der Waals surface area (Å²) >= 11 is 0. The van der Waals surface area contributed by atoms with Crippen LogP contribution in [0.2, 0.25) is 0 Å². The molecule has 2 unspecified atom stereocenters. The van der Waals surface area contributed by atoms with E-state index in [1.807, 2.05) is 12.1 Å². The number of para-hydroxylation sites is 1. The number of rotatable bonds is 3. The molecule has 2 rings (SSSR count). The van der Waals surface area contributed by atoms with Gasteiger partial charge in [0, 0.05) is 19.1 Å². The van der Waals surface area contributed by atoms with Gasteiger partial charge in [-0.25, -0.2) is 4.39 Å². The highest BCUT2D eigenvalue weighted by Crippen LogP contribution is 2.22. The molecule has 1 N–H and O–H groups in total. The van der Waals surface area contributed by atoms with Crippen LogP contribution in [-0.2, 0) is 0 Å². The number of hydrogen-bond donors (Lipinski definition) is 1. The molecule has 1 saturated heterocycles. The molecule has 1 heterocycles. The van der Waals surface area contributed by atoms with E-state index >= 15 is 0 Å². The fourth-order valence-corrected chi connectivity index (χ4v) is 2.54. The Hall–Kier alpha value is -1.09. The molecule has 2 atom stereocenters. The van der Waals surface area contributed by atoms with Crippen molar-refractivity contribution in [3.63, 3.8) is 0 Å². The molecule has 1 aromatic carbocycles. The maximum absolute atomic E-state index is 13.9. The highest BCUT2D eigenvalue weighted by molar-refractivity contribution is 5.48. The van der Waals surface area contributed by atoms with Gasteiger partial charge in [0.2, 0.25) is 0 Å². The van der Waals surface area contributed by atoms with E-state index in [-0.39, 0.29) is 5.82 Å². The van der Waals surface area contributed by atoms with E-state index in [4.69, 9.17) is 0 Å². The van der Waals surface area contributed by atoms with E-state index < -0.39 is 0 Å². The van der Waals surface area contributed by atoms with Gasteiger partial charge in [0.15, 0.2) is 0 Å². The standard InChI is InChI=1S/C15H23FN2/c1-3-12(2)14-11-18(10-6-9-17-14)15-8-5-4-7-13(15)16/h4-5,7-8,12,14,17H,3,6,9-11H2,1-2H3. The van der Waals surface area contributed by atoms with E-state index in [1.54, 1.807) is 12.1 Å². The maximum Gasteiger partial charge on any atom is 0.146 e. The van der Waals surface area contributed by atoms with Gasteiger partial charge in [-0.15, -0.1) is 0 Å². The van der Waals surface area contributed by atoms with Crippen molar-refractivity contribution in [1.82, 2.24) is 5.32 Å². The zero-order chi connectivity index (χ0) is 13.0. The van der Waals surface area contributed by atoms with Gasteiger partial charge in [-0.2, -0.15) is 0 Å². The van der Waals surface area contributed by atoms with Gasteiger partial charge in [0.05, 0.1) is 5.69 Å². The molecule has 0 aromatic heterocycles. The van der Waals surface area contributed by atoms with Crippen LogP contribution in [-0.4, -0.2) is 25.7 Å².